The van der Waals surface area contributed by atoms with Crippen LogP contribution in [0, 0.1) is 0 Å². The van der Waals surface area contributed by atoms with E-state index in [1.54, 1.807) is 11.8 Å². The highest BCUT2D eigenvalue weighted by Crippen LogP contribution is 2.21. The normalized spacial score (nSPS) is 12.4. The first-order chi connectivity index (χ1) is 11.2. The first kappa shape index (κ1) is 19.3. The van der Waals surface area contributed by atoms with Gasteiger partial charge in [0.2, 0.25) is 5.91 Å². The van der Waals surface area contributed by atoms with Crippen molar-refractivity contribution in [1.82, 2.24) is 10.6 Å². The van der Waals surface area contributed by atoms with E-state index in [-0.39, 0.29) is 18.3 Å². The Bertz CT molecular complexity index is 694. The number of hydrogen-bond donors (Lipinski definition) is 2. The maximum Gasteiger partial charge on any atom is 0.221 e. The number of amides is 1. The Morgan fingerprint density at radius 1 is 1.12 bits per heavy atom. The first-order valence-corrected chi connectivity index (χ1v) is 9.45. The topological polar surface area (TPSA) is 41.1 Å². The number of rotatable bonds is 6. The van der Waals surface area contributed by atoms with Crippen LogP contribution in [-0.4, -0.2) is 11.7 Å². The molecule has 2 N–H and O–H groups in total. The third-order valence-corrected chi connectivity index (χ3v) is 5.35. The van der Waals surface area contributed by atoms with Crippen LogP contribution in [-0.2, 0) is 24.4 Å². The molecule has 0 aliphatic carbocycles. The number of halogens is 2. The minimum atomic E-state index is 0. The van der Waals surface area contributed by atoms with Gasteiger partial charge in [0.15, 0.2) is 0 Å². The molecular formula is C18H20BrClN2OS. The van der Waals surface area contributed by atoms with Crippen molar-refractivity contribution in [3.63, 3.8) is 0 Å². The fourth-order valence-electron chi connectivity index (χ4n) is 2.54. The minimum absolute atomic E-state index is 0. The molecule has 24 heavy (non-hydrogen) atoms. The zero-order chi connectivity index (χ0) is 16.1. The molecule has 0 atom stereocenters. The summed E-state index contributed by atoms with van der Waals surface area (Å²) in [6, 6.07) is 14.6. The maximum absolute atomic E-state index is 12.0. The van der Waals surface area contributed by atoms with E-state index >= 15 is 0 Å². The van der Waals surface area contributed by atoms with Gasteiger partial charge in [0.25, 0.3) is 0 Å². The van der Waals surface area contributed by atoms with Crippen molar-refractivity contribution >= 4 is 46.0 Å². The lowest BCUT2D eigenvalue weighted by Gasteiger charge is -2.07. The van der Waals surface area contributed by atoms with Crippen molar-refractivity contribution in [2.45, 2.75) is 31.0 Å². The Morgan fingerprint density at radius 2 is 1.88 bits per heavy atom. The number of carbonyl (C=O) groups excluding carboxylic acids is 1. The van der Waals surface area contributed by atoms with E-state index in [2.05, 4.69) is 56.9 Å². The lowest BCUT2D eigenvalue weighted by atomic mass is 10.1. The Balaban J connectivity index is 0.00000208. The van der Waals surface area contributed by atoms with Crippen molar-refractivity contribution < 1.29 is 4.79 Å². The minimum Gasteiger partial charge on any atom is -0.352 e. The summed E-state index contributed by atoms with van der Waals surface area (Å²) in [7, 11) is 0. The molecule has 0 fully saturated rings. The van der Waals surface area contributed by atoms with E-state index in [0.717, 1.165) is 23.3 Å². The van der Waals surface area contributed by atoms with Crippen molar-refractivity contribution in [2.24, 2.45) is 0 Å². The SMILES string of the molecule is Cl.O=C(CCSc1ccc(Br)cc1)NCc1ccc2c(c1)CNC2. The van der Waals surface area contributed by atoms with Crippen LogP contribution in [0.5, 0.6) is 0 Å². The zero-order valence-corrected chi connectivity index (χ0v) is 16.4. The molecule has 0 bridgehead atoms. The highest BCUT2D eigenvalue weighted by atomic mass is 79.9. The van der Waals surface area contributed by atoms with Gasteiger partial charge in [-0.05, 0) is 41.0 Å². The third-order valence-electron chi connectivity index (χ3n) is 3.80. The van der Waals surface area contributed by atoms with Crippen molar-refractivity contribution in [3.8, 4) is 0 Å². The number of nitrogens with one attached hydrogen (secondary N) is 2. The monoisotopic (exact) mass is 426 g/mol. The summed E-state index contributed by atoms with van der Waals surface area (Å²) < 4.78 is 1.07. The van der Waals surface area contributed by atoms with Gasteiger partial charge in [0.1, 0.15) is 0 Å². The second kappa shape index (κ2) is 9.47. The van der Waals surface area contributed by atoms with E-state index in [1.165, 1.54) is 21.6 Å². The van der Waals surface area contributed by atoms with E-state index < -0.39 is 0 Å². The molecule has 1 aliphatic rings. The first-order valence-electron chi connectivity index (χ1n) is 7.67. The third kappa shape index (κ3) is 5.52. The molecule has 3 rings (SSSR count). The number of benzene rings is 2. The zero-order valence-electron chi connectivity index (χ0n) is 13.2. The highest BCUT2D eigenvalue weighted by Gasteiger charge is 2.10. The summed E-state index contributed by atoms with van der Waals surface area (Å²) in [4.78, 5) is 13.1. The molecule has 1 aliphatic heterocycles. The maximum atomic E-state index is 12.0. The van der Waals surface area contributed by atoms with Crippen LogP contribution in [0.3, 0.4) is 0 Å². The van der Waals surface area contributed by atoms with Crippen LogP contribution < -0.4 is 10.6 Å². The Hall–Kier alpha value is -1.01. The van der Waals surface area contributed by atoms with Gasteiger partial charge in [-0.3, -0.25) is 4.79 Å². The fraction of sp³-hybridized carbons (Fsp3) is 0.278. The quantitative estimate of drug-likeness (QED) is 0.676. The van der Waals surface area contributed by atoms with Gasteiger partial charge in [0.05, 0.1) is 0 Å². The van der Waals surface area contributed by atoms with Crippen LogP contribution in [0.1, 0.15) is 23.1 Å². The lowest BCUT2D eigenvalue weighted by molar-refractivity contribution is -0.120. The lowest BCUT2D eigenvalue weighted by Crippen LogP contribution is -2.23. The number of thioether (sulfide) groups is 1. The molecule has 0 saturated heterocycles. The van der Waals surface area contributed by atoms with Gasteiger partial charge in [-0.1, -0.05) is 34.1 Å². The van der Waals surface area contributed by atoms with Gasteiger partial charge < -0.3 is 10.6 Å². The molecule has 0 aromatic heterocycles. The second-order valence-electron chi connectivity index (χ2n) is 5.54. The standard InChI is InChI=1S/C18H19BrN2OS.ClH/c19-16-3-5-17(6-4-16)23-8-7-18(22)21-10-13-1-2-14-11-20-12-15(14)9-13;/h1-6,9,20H,7-8,10-12H2,(H,21,22);1H. The van der Waals surface area contributed by atoms with Gasteiger partial charge >= 0.3 is 0 Å². The molecule has 6 heteroatoms. The fourth-order valence-corrected chi connectivity index (χ4v) is 3.66. The Labute approximate surface area is 161 Å². The Kier molecular flexibility index (Phi) is 7.62. The number of fused-ring (bicyclic) bond motifs is 1. The second-order valence-corrected chi connectivity index (χ2v) is 7.62. The van der Waals surface area contributed by atoms with Gasteiger partial charge in [-0.15, -0.1) is 24.2 Å². The molecule has 1 heterocycles. The van der Waals surface area contributed by atoms with Crippen molar-refractivity contribution in [1.29, 1.82) is 0 Å². The summed E-state index contributed by atoms with van der Waals surface area (Å²) in [5.41, 5.74) is 3.88. The average Bonchev–Trinajstić information content (AvgIpc) is 3.02. The van der Waals surface area contributed by atoms with Crippen LogP contribution in [0.2, 0.25) is 0 Å². The molecule has 0 spiro atoms. The number of hydrogen-bond acceptors (Lipinski definition) is 3. The molecular weight excluding hydrogens is 408 g/mol. The summed E-state index contributed by atoms with van der Waals surface area (Å²) in [5, 5.41) is 6.34. The van der Waals surface area contributed by atoms with Gasteiger partial charge in [-0.25, -0.2) is 0 Å². The van der Waals surface area contributed by atoms with Crippen molar-refractivity contribution in [3.05, 3.63) is 63.6 Å². The Morgan fingerprint density at radius 3 is 2.67 bits per heavy atom. The van der Waals surface area contributed by atoms with E-state index in [9.17, 15) is 4.79 Å². The summed E-state index contributed by atoms with van der Waals surface area (Å²) in [6.45, 7) is 2.49. The van der Waals surface area contributed by atoms with Gasteiger partial charge in [-0.2, -0.15) is 0 Å². The average molecular weight is 428 g/mol. The summed E-state index contributed by atoms with van der Waals surface area (Å²) >= 11 is 5.13. The van der Waals surface area contributed by atoms with Gasteiger partial charge in [0, 0.05) is 41.2 Å². The van der Waals surface area contributed by atoms with Crippen LogP contribution in [0.15, 0.2) is 51.8 Å². The number of carbonyl (C=O) groups is 1. The molecule has 0 radical (unpaired) electrons. The van der Waals surface area contributed by atoms with Crippen LogP contribution in [0.25, 0.3) is 0 Å². The molecule has 2 aromatic rings. The summed E-state index contributed by atoms with van der Waals surface area (Å²) in [5.74, 6) is 0.898. The molecule has 128 valence electrons. The predicted octanol–water partition coefficient (Wildman–Crippen LogP) is 4.27. The molecule has 2 aromatic carbocycles. The molecule has 0 unspecified atom stereocenters. The largest absolute Gasteiger partial charge is 0.352 e. The molecule has 0 saturated carbocycles. The predicted molar refractivity (Wildman–Crippen MR) is 106 cm³/mol. The van der Waals surface area contributed by atoms with Crippen LogP contribution in [0.4, 0.5) is 0 Å². The van der Waals surface area contributed by atoms with E-state index in [0.29, 0.717) is 13.0 Å². The van der Waals surface area contributed by atoms with E-state index in [4.69, 9.17) is 0 Å². The van der Waals surface area contributed by atoms with Crippen LogP contribution >= 0.6 is 40.1 Å². The molecule has 3 nitrogen and oxygen atoms in total. The highest BCUT2D eigenvalue weighted by molar-refractivity contribution is 9.10. The van der Waals surface area contributed by atoms with Crippen molar-refractivity contribution in [2.75, 3.05) is 5.75 Å². The molecule has 1 amide bonds. The smallest absolute Gasteiger partial charge is 0.221 e. The van der Waals surface area contributed by atoms with E-state index in [1.807, 2.05) is 12.1 Å². The summed E-state index contributed by atoms with van der Waals surface area (Å²) in [6.07, 6.45) is 0.535.